The maximum atomic E-state index is 4.50. The fourth-order valence-corrected chi connectivity index (χ4v) is 4.09. The van der Waals surface area contributed by atoms with Crippen molar-refractivity contribution in [3.8, 4) is 11.4 Å². The molecule has 0 bridgehead atoms. The highest BCUT2D eigenvalue weighted by atomic mass is 32.2. The number of hydrogen-bond acceptors (Lipinski definition) is 3. The minimum Gasteiger partial charge on any atom is -0.302 e. The second-order valence-corrected chi connectivity index (χ2v) is 8.09. The Morgan fingerprint density at radius 1 is 0.852 bits per heavy atom. The summed E-state index contributed by atoms with van der Waals surface area (Å²) in [5, 5.41) is 12.5. The predicted molar refractivity (Wildman–Crippen MR) is 114 cm³/mol. The van der Waals surface area contributed by atoms with Gasteiger partial charge in [-0.05, 0) is 22.3 Å². The lowest BCUT2D eigenvalue weighted by molar-refractivity contribution is 0.498. The van der Waals surface area contributed by atoms with Gasteiger partial charge in [0.05, 0.1) is 0 Å². The van der Waals surface area contributed by atoms with Crippen LogP contribution in [-0.4, -0.2) is 14.8 Å². The van der Waals surface area contributed by atoms with Gasteiger partial charge in [0, 0.05) is 17.9 Å². The number of fused-ring (bicyclic) bond motifs is 1. The van der Waals surface area contributed by atoms with Gasteiger partial charge in [-0.25, -0.2) is 0 Å². The molecule has 3 nitrogen and oxygen atoms in total. The van der Waals surface area contributed by atoms with Gasteiger partial charge in [0.1, 0.15) is 0 Å². The van der Waals surface area contributed by atoms with Crippen LogP contribution in [0.15, 0.2) is 78.0 Å². The molecule has 0 amide bonds. The van der Waals surface area contributed by atoms with Gasteiger partial charge in [0.25, 0.3) is 0 Å². The van der Waals surface area contributed by atoms with Crippen LogP contribution in [0.3, 0.4) is 0 Å². The smallest absolute Gasteiger partial charge is 0.191 e. The minimum absolute atomic E-state index is 0.531. The van der Waals surface area contributed by atoms with E-state index >= 15 is 0 Å². The van der Waals surface area contributed by atoms with Gasteiger partial charge in [-0.2, -0.15) is 0 Å². The molecule has 4 rings (SSSR count). The molecule has 4 aromatic rings. The molecule has 136 valence electrons. The first-order valence-electron chi connectivity index (χ1n) is 9.30. The zero-order valence-electron chi connectivity index (χ0n) is 15.7. The third-order valence-electron chi connectivity index (χ3n) is 4.48. The monoisotopic (exact) mass is 373 g/mol. The second-order valence-electron chi connectivity index (χ2n) is 7.15. The van der Waals surface area contributed by atoms with E-state index in [2.05, 4.69) is 83.2 Å². The summed E-state index contributed by atoms with van der Waals surface area (Å²) in [5.74, 6) is 2.37. The van der Waals surface area contributed by atoms with E-state index in [-0.39, 0.29) is 0 Å². The Morgan fingerprint density at radius 2 is 1.59 bits per heavy atom. The normalized spacial score (nSPS) is 11.4. The zero-order valence-corrected chi connectivity index (χ0v) is 16.5. The molecule has 1 aromatic heterocycles. The lowest BCUT2D eigenvalue weighted by atomic mass is 10.1. The van der Waals surface area contributed by atoms with Crippen molar-refractivity contribution in [3.63, 3.8) is 0 Å². The lowest BCUT2D eigenvalue weighted by Gasteiger charge is -2.12. The molecule has 4 heteroatoms. The quantitative estimate of drug-likeness (QED) is 0.386. The summed E-state index contributed by atoms with van der Waals surface area (Å²) in [6, 6.07) is 25.5. The van der Waals surface area contributed by atoms with E-state index in [9.17, 15) is 0 Å². The van der Waals surface area contributed by atoms with Gasteiger partial charge in [-0.3, -0.25) is 0 Å². The Balaban J connectivity index is 1.60. The molecule has 0 aliphatic carbocycles. The third kappa shape index (κ3) is 4.06. The highest BCUT2D eigenvalue weighted by Gasteiger charge is 2.15. The van der Waals surface area contributed by atoms with E-state index in [1.807, 2.05) is 18.2 Å². The van der Waals surface area contributed by atoms with Crippen molar-refractivity contribution >= 4 is 22.5 Å². The van der Waals surface area contributed by atoms with E-state index in [0.717, 1.165) is 28.8 Å². The molecule has 0 saturated carbocycles. The second kappa shape index (κ2) is 7.97. The van der Waals surface area contributed by atoms with Gasteiger partial charge in [-0.15, -0.1) is 10.2 Å². The van der Waals surface area contributed by atoms with Crippen molar-refractivity contribution in [1.82, 2.24) is 14.8 Å². The van der Waals surface area contributed by atoms with Gasteiger partial charge in [0.15, 0.2) is 11.0 Å². The van der Waals surface area contributed by atoms with E-state index in [1.165, 1.54) is 16.3 Å². The topological polar surface area (TPSA) is 30.7 Å². The minimum atomic E-state index is 0.531. The van der Waals surface area contributed by atoms with Crippen LogP contribution in [0.5, 0.6) is 0 Å². The summed E-state index contributed by atoms with van der Waals surface area (Å²) in [5.41, 5.74) is 2.42. The van der Waals surface area contributed by atoms with E-state index in [1.54, 1.807) is 11.8 Å². The summed E-state index contributed by atoms with van der Waals surface area (Å²) in [7, 11) is 0. The van der Waals surface area contributed by atoms with Crippen LogP contribution in [-0.2, 0) is 12.3 Å². The van der Waals surface area contributed by atoms with Crippen molar-refractivity contribution in [2.24, 2.45) is 5.92 Å². The third-order valence-corrected chi connectivity index (χ3v) is 5.52. The maximum absolute atomic E-state index is 4.50. The molecule has 0 aliphatic rings. The van der Waals surface area contributed by atoms with Gasteiger partial charge in [0.2, 0.25) is 0 Å². The Hall–Kier alpha value is -2.59. The molecule has 3 aromatic carbocycles. The molecule has 0 aliphatic heterocycles. The Labute approximate surface area is 164 Å². The fourth-order valence-electron chi connectivity index (χ4n) is 3.20. The van der Waals surface area contributed by atoms with E-state index < -0.39 is 0 Å². The maximum Gasteiger partial charge on any atom is 0.191 e. The fraction of sp³-hybridized carbons (Fsp3) is 0.217. The average molecular weight is 374 g/mol. The highest BCUT2D eigenvalue weighted by Crippen LogP contribution is 2.28. The number of hydrogen-bond donors (Lipinski definition) is 0. The molecular weight excluding hydrogens is 350 g/mol. The summed E-state index contributed by atoms with van der Waals surface area (Å²) in [6.45, 7) is 5.37. The van der Waals surface area contributed by atoms with Crippen LogP contribution in [0.4, 0.5) is 0 Å². The van der Waals surface area contributed by atoms with Crippen LogP contribution in [0.25, 0.3) is 22.2 Å². The van der Waals surface area contributed by atoms with Crippen molar-refractivity contribution in [2.75, 3.05) is 0 Å². The predicted octanol–water partition coefficient (Wildman–Crippen LogP) is 6.05. The summed E-state index contributed by atoms with van der Waals surface area (Å²) in [4.78, 5) is 0. The van der Waals surface area contributed by atoms with Gasteiger partial charge < -0.3 is 4.57 Å². The van der Waals surface area contributed by atoms with E-state index in [4.69, 9.17) is 0 Å². The summed E-state index contributed by atoms with van der Waals surface area (Å²) >= 11 is 1.76. The van der Waals surface area contributed by atoms with Crippen molar-refractivity contribution in [2.45, 2.75) is 31.3 Å². The molecule has 0 saturated heterocycles. The largest absolute Gasteiger partial charge is 0.302 e. The van der Waals surface area contributed by atoms with Crippen LogP contribution in [0.2, 0.25) is 0 Å². The molecule has 0 unspecified atom stereocenters. The molecule has 0 N–H and O–H groups in total. The van der Waals surface area contributed by atoms with Gasteiger partial charge in [-0.1, -0.05) is 98.4 Å². The lowest BCUT2D eigenvalue weighted by Crippen LogP contribution is -2.07. The number of rotatable bonds is 6. The summed E-state index contributed by atoms with van der Waals surface area (Å²) < 4.78 is 2.26. The zero-order chi connectivity index (χ0) is 18.6. The molecule has 0 fully saturated rings. The Morgan fingerprint density at radius 3 is 2.37 bits per heavy atom. The molecule has 0 atom stereocenters. The van der Waals surface area contributed by atoms with Crippen molar-refractivity contribution < 1.29 is 0 Å². The average Bonchev–Trinajstić information content (AvgIpc) is 3.08. The number of nitrogens with zero attached hydrogens (tertiary/aromatic N) is 3. The van der Waals surface area contributed by atoms with Crippen molar-refractivity contribution in [3.05, 3.63) is 78.4 Å². The van der Waals surface area contributed by atoms with Crippen LogP contribution < -0.4 is 0 Å². The van der Waals surface area contributed by atoms with Crippen molar-refractivity contribution in [1.29, 1.82) is 0 Å². The van der Waals surface area contributed by atoms with E-state index in [0.29, 0.717) is 5.92 Å². The standard InChI is InChI=1S/C23H23N3S/c1-17(2)15-26-22(20-9-4-3-5-10-20)24-25-23(26)27-16-18-12-13-19-8-6-7-11-21(19)14-18/h3-14,17H,15-16H2,1-2H3. The molecular formula is C23H23N3S. The van der Waals surface area contributed by atoms with Crippen LogP contribution in [0.1, 0.15) is 19.4 Å². The molecule has 1 heterocycles. The summed E-state index contributed by atoms with van der Waals surface area (Å²) in [6.07, 6.45) is 0. The van der Waals surface area contributed by atoms with Crippen LogP contribution in [0, 0.1) is 5.92 Å². The molecule has 0 spiro atoms. The Kier molecular flexibility index (Phi) is 5.26. The van der Waals surface area contributed by atoms with Crippen LogP contribution >= 0.6 is 11.8 Å². The number of benzene rings is 3. The first kappa shape index (κ1) is 17.8. The number of thioether (sulfide) groups is 1. The first-order chi connectivity index (χ1) is 13.2. The SMILES string of the molecule is CC(C)Cn1c(SCc2ccc3ccccc3c2)nnc1-c1ccccc1. The first-order valence-corrected chi connectivity index (χ1v) is 10.3. The Bertz CT molecular complexity index is 1040. The van der Waals surface area contributed by atoms with Gasteiger partial charge >= 0.3 is 0 Å². The highest BCUT2D eigenvalue weighted by molar-refractivity contribution is 7.98. The number of aromatic nitrogens is 3. The molecule has 27 heavy (non-hydrogen) atoms. The molecule has 0 radical (unpaired) electrons.